The van der Waals surface area contributed by atoms with Gasteiger partial charge in [-0.05, 0) is 5.56 Å². The van der Waals surface area contributed by atoms with E-state index in [1.54, 1.807) is 30.3 Å². The standard InChI is InChI=1S/C15H18F4N2O5/c16-14(17)25-7-10(20)12(22)21-11(8-26-15(18)19)13(23)24-6-9-4-2-1-3-5-9/h1-5,10-11,14-15H,6-8,20H2,(H,21,22)/t10-,11-/m0/s1. The van der Waals surface area contributed by atoms with Gasteiger partial charge >= 0.3 is 19.2 Å². The van der Waals surface area contributed by atoms with Crippen LogP contribution >= 0.6 is 0 Å². The Balaban J connectivity index is 2.61. The van der Waals surface area contributed by atoms with Crippen molar-refractivity contribution in [2.45, 2.75) is 31.9 Å². The molecule has 3 N–H and O–H groups in total. The van der Waals surface area contributed by atoms with Crippen molar-refractivity contribution in [2.24, 2.45) is 5.73 Å². The first-order valence-corrected chi connectivity index (χ1v) is 7.35. The predicted octanol–water partition coefficient (Wildman–Crippen LogP) is 1.02. The predicted molar refractivity (Wildman–Crippen MR) is 80.1 cm³/mol. The molecule has 11 heteroatoms. The topological polar surface area (TPSA) is 99.9 Å². The molecule has 0 spiro atoms. The second kappa shape index (κ2) is 11.4. The third-order valence-electron chi connectivity index (χ3n) is 2.95. The maximum Gasteiger partial charge on any atom is 0.345 e. The van der Waals surface area contributed by atoms with Gasteiger partial charge in [0.1, 0.15) is 12.6 Å². The number of rotatable bonds is 11. The van der Waals surface area contributed by atoms with Crippen LogP contribution in [-0.2, 0) is 30.4 Å². The Kier molecular flexibility index (Phi) is 9.55. The van der Waals surface area contributed by atoms with Crippen molar-refractivity contribution in [1.82, 2.24) is 5.32 Å². The van der Waals surface area contributed by atoms with Crippen molar-refractivity contribution in [3.8, 4) is 0 Å². The average molecular weight is 382 g/mol. The second-order valence-corrected chi connectivity index (χ2v) is 4.95. The number of amides is 1. The van der Waals surface area contributed by atoms with E-state index < -0.39 is 50.4 Å². The van der Waals surface area contributed by atoms with Gasteiger partial charge in [0.25, 0.3) is 0 Å². The summed E-state index contributed by atoms with van der Waals surface area (Å²) in [6, 6.07) is 5.32. The highest BCUT2D eigenvalue weighted by molar-refractivity contribution is 5.87. The molecule has 0 aliphatic rings. The number of carbonyl (C=O) groups excluding carboxylic acids is 2. The molecule has 1 aromatic carbocycles. The van der Waals surface area contributed by atoms with Gasteiger partial charge in [-0.1, -0.05) is 30.3 Å². The summed E-state index contributed by atoms with van der Waals surface area (Å²) >= 11 is 0. The van der Waals surface area contributed by atoms with Crippen LogP contribution in [0.25, 0.3) is 0 Å². The van der Waals surface area contributed by atoms with Crippen LogP contribution < -0.4 is 11.1 Å². The third kappa shape index (κ3) is 8.74. The number of nitrogens with two attached hydrogens (primary N) is 1. The summed E-state index contributed by atoms with van der Waals surface area (Å²) in [4.78, 5) is 23.8. The maximum absolute atomic E-state index is 12.2. The molecule has 26 heavy (non-hydrogen) atoms. The summed E-state index contributed by atoms with van der Waals surface area (Å²) < 4.78 is 61.1. The molecule has 0 aliphatic carbocycles. The summed E-state index contributed by atoms with van der Waals surface area (Å²) in [6.07, 6.45) is 0. The zero-order valence-electron chi connectivity index (χ0n) is 13.4. The Bertz CT molecular complexity index is 562. The van der Waals surface area contributed by atoms with Gasteiger partial charge in [-0.3, -0.25) is 4.79 Å². The van der Waals surface area contributed by atoms with Gasteiger partial charge in [-0.15, -0.1) is 0 Å². The molecule has 0 aromatic heterocycles. The Hall–Kier alpha value is -2.24. The molecule has 7 nitrogen and oxygen atoms in total. The van der Waals surface area contributed by atoms with Gasteiger partial charge in [0.05, 0.1) is 13.2 Å². The lowest BCUT2D eigenvalue weighted by Crippen LogP contribution is -2.52. The molecule has 0 heterocycles. The number of alkyl halides is 4. The van der Waals surface area contributed by atoms with Gasteiger partial charge in [0.2, 0.25) is 5.91 Å². The Morgan fingerprint density at radius 2 is 1.58 bits per heavy atom. The fraction of sp³-hybridized carbons (Fsp3) is 0.467. The summed E-state index contributed by atoms with van der Waals surface area (Å²) in [5, 5.41) is 2.01. The van der Waals surface area contributed by atoms with E-state index in [9.17, 15) is 27.2 Å². The van der Waals surface area contributed by atoms with Gasteiger partial charge in [-0.2, -0.15) is 17.6 Å². The lowest BCUT2D eigenvalue weighted by Gasteiger charge is -2.20. The molecule has 0 aliphatic heterocycles. The summed E-state index contributed by atoms with van der Waals surface area (Å²) in [5.74, 6) is -2.12. The first kappa shape index (κ1) is 21.8. The number of halogens is 4. The van der Waals surface area contributed by atoms with Crippen molar-refractivity contribution < 1.29 is 41.4 Å². The second-order valence-electron chi connectivity index (χ2n) is 4.95. The number of carbonyl (C=O) groups is 2. The van der Waals surface area contributed by atoms with Crippen molar-refractivity contribution >= 4 is 11.9 Å². The largest absolute Gasteiger partial charge is 0.459 e. The molecule has 1 amide bonds. The van der Waals surface area contributed by atoms with Crippen LogP contribution in [0.5, 0.6) is 0 Å². The first-order valence-electron chi connectivity index (χ1n) is 7.35. The van der Waals surface area contributed by atoms with E-state index >= 15 is 0 Å². The zero-order chi connectivity index (χ0) is 19.5. The van der Waals surface area contributed by atoms with Crippen LogP contribution in [0, 0.1) is 0 Å². The van der Waals surface area contributed by atoms with E-state index in [2.05, 4.69) is 9.47 Å². The van der Waals surface area contributed by atoms with Crippen molar-refractivity contribution in [2.75, 3.05) is 13.2 Å². The molecule has 1 aromatic rings. The van der Waals surface area contributed by atoms with Crippen LogP contribution in [0.15, 0.2) is 30.3 Å². The lowest BCUT2D eigenvalue weighted by atomic mass is 10.2. The maximum atomic E-state index is 12.2. The van der Waals surface area contributed by atoms with Crippen molar-refractivity contribution in [3.05, 3.63) is 35.9 Å². The highest BCUT2D eigenvalue weighted by Gasteiger charge is 2.27. The first-order chi connectivity index (χ1) is 12.3. The quantitative estimate of drug-likeness (QED) is 0.438. The molecular formula is C15H18F4N2O5. The van der Waals surface area contributed by atoms with Crippen LogP contribution in [0.3, 0.4) is 0 Å². The van der Waals surface area contributed by atoms with Crippen LogP contribution in [0.1, 0.15) is 5.56 Å². The van der Waals surface area contributed by atoms with Crippen LogP contribution in [0.2, 0.25) is 0 Å². The van der Waals surface area contributed by atoms with Gasteiger partial charge < -0.3 is 25.3 Å². The number of hydrogen-bond donors (Lipinski definition) is 2. The molecule has 1 rings (SSSR count). The Labute approximate surface area is 146 Å². The van der Waals surface area contributed by atoms with E-state index in [-0.39, 0.29) is 6.61 Å². The Morgan fingerprint density at radius 1 is 1.00 bits per heavy atom. The van der Waals surface area contributed by atoms with Gasteiger partial charge in [0.15, 0.2) is 6.04 Å². The molecule has 0 radical (unpaired) electrons. The fourth-order valence-corrected chi connectivity index (χ4v) is 1.70. The monoisotopic (exact) mass is 382 g/mol. The van der Waals surface area contributed by atoms with E-state index in [0.717, 1.165) is 0 Å². The van der Waals surface area contributed by atoms with Crippen LogP contribution in [0.4, 0.5) is 17.6 Å². The van der Waals surface area contributed by atoms with Crippen molar-refractivity contribution in [3.63, 3.8) is 0 Å². The minimum absolute atomic E-state index is 0.165. The molecular weight excluding hydrogens is 364 g/mol. The number of hydrogen-bond acceptors (Lipinski definition) is 6. The third-order valence-corrected chi connectivity index (χ3v) is 2.95. The Morgan fingerprint density at radius 3 is 2.15 bits per heavy atom. The highest BCUT2D eigenvalue weighted by atomic mass is 19.3. The molecule has 146 valence electrons. The van der Waals surface area contributed by atoms with E-state index in [1.807, 2.05) is 5.32 Å². The zero-order valence-corrected chi connectivity index (χ0v) is 13.4. The average Bonchev–Trinajstić information content (AvgIpc) is 2.61. The van der Waals surface area contributed by atoms with Crippen LogP contribution in [-0.4, -0.2) is 50.4 Å². The minimum Gasteiger partial charge on any atom is -0.459 e. The molecule has 0 saturated carbocycles. The molecule has 0 unspecified atom stereocenters. The van der Waals surface area contributed by atoms with Gasteiger partial charge in [-0.25, -0.2) is 4.79 Å². The van der Waals surface area contributed by atoms with E-state index in [1.165, 1.54) is 0 Å². The molecule has 0 bridgehead atoms. The smallest absolute Gasteiger partial charge is 0.345 e. The molecule has 0 saturated heterocycles. The summed E-state index contributed by atoms with van der Waals surface area (Å²) in [5.41, 5.74) is 5.95. The molecule has 2 atom stereocenters. The molecule has 0 fully saturated rings. The van der Waals surface area contributed by atoms with Crippen molar-refractivity contribution in [1.29, 1.82) is 0 Å². The number of benzene rings is 1. The number of nitrogens with one attached hydrogen (secondary N) is 1. The SMILES string of the molecule is N[C@@H](COC(F)F)C(=O)N[C@@H](COC(F)F)C(=O)OCc1ccccc1. The lowest BCUT2D eigenvalue weighted by molar-refractivity contribution is -0.163. The van der Waals surface area contributed by atoms with Gasteiger partial charge in [0, 0.05) is 0 Å². The number of ether oxygens (including phenoxy) is 3. The number of esters is 1. The normalized spacial score (nSPS) is 13.5. The fourth-order valence-electron chi connectivity index (χ4n) is 1.70. The summed E-state index contributed by atoms with van der Waals surface area (Å²) in [7, 11) is 0. The highest BCUT2D eigenvalue weighted by Crippen LogP contribution is 2.04. The minimum atomic E-state index is -3.19. The van der Waals surface area contributed by atoms with E-state index in [4.69, 9.17) is 10.5 Å². The van der Waals surface area contributed by atoms with E-state index in [0.29, 0.717) is 5.56 Å². The summed E-state index contributed by atoms with van der Waals surface area (Å²) in [6.45, 7) is -8.21.